The number of benzene rings is 1. The van der Waals surface area contributed by atoms with E-state index in [9.17, 15) is 9.18 Å². The summed E-state index contributed by atoms with van der Waals surface area (Å²) in [6, 6.07) is 9.45. The Hall–Kier alpha value is -2.68. The third-order valence-electron chi connectivity index (χ3n) is 3.76. The second-order valence-electron chi connectivity index (χ2n) is 5.74. The molecule has 0 radical (unpaired) electrons. The molecule has 0 saturated carbocycles. The zero-order valence-corrected chi connectivity index (χ0v) is 15.1. The molecule has 0 spiro atoms. The second-order valence-corrected chi connectivity index (χ2v) is 7.05. The number of amides is 1. The average molecular weight is 375 g/mol. The Balaban J connectivity index is 1.59. The van der Waals surface area contributed by atoms with Gasteiger partial charge in [-0.3, -0.25) is 4.79 Å². The lowest BCUT2D eigenvalue weighted by molar-refractivity contribution is -0.120. The zero-order valence-electron chi connectivity index (χ0n) is 14.3. The van der Waals surface area contributed by atoms with Crippen LogP contribution in [0.5, 0.6) is 0 Å². The summed E-state index contributed by atoms with van der Waals surface area (Å²) in [4.78, 5) is 12.4. The van der Waals surface area contributed by atoms with Gasteiger partial charge in [0.15, 0.2) is 0 Å². The molecule has 3 rings (SSSR count). The van der Waals surface area contributed by atoms with E-state index in [2.05, 4.69) is 20.8 Å². The highest BCUT2D eigenvalue weighted by atomic mass is 32.2. The summed E-state index contributed by atoms with van der Waals surface area (Å²) in [7, 11) is 0. The molecule has 136 valence electrons. The van der Waals surface area contributed by atoms with Crippen molar-refractivity contribution in [3.05, 3.63) is 59.8 Å². The Morgan fingerprint density at radius 2 is 2.08 bits per heavy atom. The maximum atomic E-state index is 13.0. The lowest BCUT2D eigenvalue weighted by Gasteiger charge is -2.17. The first kappa shape index (κ1) is 18.1. The lowest BCUT2D eigenvalue weighted by Crippen LogP contribution is -2.33. The van der Waals surface area contributed by atoms with E-state index in [0.717, 1.165) is 11.3 Å². The van der Waals surface area contributed by atoms with Crippen molar-refractivity contribution in [1.82, 2.24) is 25.5 Å². The minimum absolute atomic E-state index is 0.153. The highest BCUT2D eigenvalue weighted by molar-refractivity contribution is 8.00. The van der Waals surface area contributed by atoms with Gasteiger partial charge in [-0.25, -0.2) is 9.07 Å². The highest BCUT2D eigenvalue weighted by Gasteiger charge is 2.20. The van der Waals surface area contributed by atoms with E-state index in [1.54, 1.807) is 36.1 Å². The van der Waals surface area contributed by atoms with Gasteiger partial charge in [-0.15, -0.1) is 5.10 Å². The van der Waals surface area contributed by atoms with Crippen LogP contribution in [0.1, 0.15) is 31.2 Å². The highest BCUT2D eigenvalue weighted by Crippen LogP contribution is 2.22. The van der Waals surface area contributed by atoms with Crippen molar-refractivity contribution in [1.29, 1.82) is 0 Å². The smallest absolute Gasteiger partial charge is 0.233 e. The fourth-order valence-corrected chi connectivity index (χ4v) is 3.11. The first-order valence-corrected chi connectivity index (χ1v) is 8.92. The Morgan fingerprint density at radius 1 is 1.31 bits per heavy atom. The maximum Gasteiger partial charge on any atom is 0.233 e. The number of hydrogen-bond donors (Lipinski definition) is 1. The third-order valence-corrected chi connectivity index (χ3v) is 4.84. The van der Waals surface area contributed by atoms with E-state index >= 15 is 0 Å². The van der Waals surface area contributed by atoms with Crippen molar-refractivity contribution in [3.8, 4) is 0 Å². The van der Waals surface area contributed by atoms with Crippen molar-refractivity contribution in [2.45, 2.75) is 36.8 Å². The molecule has 9 heteroatoms. The average Bonchev–Trinajstić information content (AvgIpc) is 3.28. The molecule has 26 heavy (non-hydrogen) atoms. The van der Waals surface area contributed by atoms with Crippen LogP contribution in [0.15, 0.2) is 52.2 Å². The molecular formula is C17H18FN5O2S. The summed E-state index contributed by atoms with van der Waals surface area (Å²) in [6.45, 7) is 4.02. The van der Waals surface area contributed by atoms with E-state index in [0.29, 0.717) is 11.7 Å². The number of nitrogens with zero attached hydrogens (tertiary/aromatic N) is 4. The van der Waals surface area contributed by atoms with E-state index in [1.165, 1.54) is 23.9 Å². The number of carbonyl (C=O) groups excluding carboxylic acids is 1. The quantitative estimate of drug-likeness (QED) is 0.639. The van der Waals surface area contributed by atoms with Crippen molar-refractivity contribution >= 4 is 17.7 Å². The number of halogens is 1. The van der Waals surface area contributed by atoms with Crippen LogP contribution < -0.4 is 5.32 Å². The molecule has 0 aliphatic carbocycles. The summed E-state index contributed by atoms with van der Waals surface area (Å²) >= 11 is 1.26. The van der Waals surface area contributed by atoms with Crippen LogP contribution >= 0.6 is 11.8 Å². The van der Waals surface area contributed by atoms with Crippen LogP contribution in [0, 0.1) is 5.82 Å². The van der Waals surface area contributed by atoms with Crippen molar-refractivity contribution in [3.63, 3.8) is 0 Å². The van der Waals surface area contributed by atoms with Gasteiger partial charge in [0.05, 0.1) is 17.6 Å². The molecule has 2 aromatic heterocycles. The molecule has 2 atom stereocenters. The van der Waals surface area contributed by atoms with Gasteiger partial charge in [0.25, 0.3) is 0 Å². The summed E-state index contributed by atoms with van der Waals surface area (Å²) in [5.41, 5.74) is 0.833. The van der Waals surface area contributed by atoms with Crippen LogP contribution in [0.2, 0.25) is 0 Å². The standard InChI is InChI=1S/C17H18FN5O2S/c1-11(13-5-7-14(18)8-6-13)19-16(24)12(2)26-17-20-21-22-23(17)10-15-4-3-9-25-15/h3-9,11-12H,10H2,1-2H3,(H,19,24)/t11-,12+/m0/s1. The minimum atomic E-state index is -0.403. The Morgan fingerprint density at radius 3 is 2.77 bits per heavy atom. The van der Waals surface area contributed by atoms with E-state index in [1.807, 2.05) is 13.0 Å². The van der Waals surface area contributed by atoms with Crippen molar-refractivity contribution < 1.29 is 13.6 Å². The molecule has 0 bridgehead atoms. The van der Waals surface area contributed by atoms with E-state index in [4.69, 9.17) is 4.42 Å². The molecule has 0 fully saturated rings. The van der Waals surface area contributed by atoms with Gasteiger partial charge >= 0.3 is 0 Å². The molecule has 3 aromatic rings. The molecule has 2 heterocycles. The number of hydrogen-bond acceptors (Lipinski definition) is 6. The number of thioether (sulfide) groups is 1. The summed E-state index contributed by atoms with van der Waals surface area (Å²) in [5.74, 6) is 0.264. The molecule has 0 aliphatic heterocycles. The maximum absolute atomic E-state index is 13.0. The van der Waals surface area contributed by atoms with Gasteiger partial charge in [0, 0.05) is 0 Å². The van der Waals surface area contributed by atoms with Gasteiger partial charge in [0.1, 0.15) is 18.1 Å². The molecule has 7 nitrogen and oxygen atoms in total. The number of aromatic nitrogens is 4. The van der Waals surface area contributed by atoms with Gasteiger partial charge in [0.2, 0.25) is 11.1 Å². The first-order chi connectivity index (χ1) is 12.5. The van der Waals surface area contributed by atoms with Gasteiger partial charge in [-0.2, -0.15) is 0 Å². The Bertz CT molecular complexity index is 850. The Kier molecular flexibility index (Phi) is 5.67. The van der Waals surface area contributed by atoms with Crippen LogP contribution in [0.3, 0.4) is 0 Å². The SMILES string of the molecule is C[C@H](NC(=O)[C@@H](C)Sc1nnnn1Cc1ccco1)c1ccc(F)cc1. The minimum Gasteiger partial charge on any atom is -0.467 e. The fraction of sp³-hybridized carbons (Fsp3) is 0.294. The summed E-state index contributed by atoms with van der Waals surface area (Å²) in [5, 5.41) is 14.6. The number of carbonyl (C=O) groups is 1. The molecule has 0 aliphatic rings. The van der Waals surface area contributed by atoms with Gasteiger partial charge in [-0.1, -0.05) is 23.9 Å². The number of furan rings is 1. The Labute approximate surface area is 154 Å². The first-order valence-electron chi connectivity index (χ1n) is 8.04. The van der Waals surface area contributed by atoms with Gasteiger partial charge in [-0.05, 0) is 54.1 Å². The largest absolute Gasteiger partial charge is 0.467 e. The third kappa shape index (κ3) is 4.48. The number of nitrogens with one attached hydrogen (secondary N) is 1. The van der Waals surface area contributed by atoms with Crippen LogP contribution in [0.25, 0.3) is 0 Å². The summed E-state index contributed by atoms with van der Waals surface area (Å²) < 4.78 is 19.9. The predicted octanol–water partition coefficient (Wildman–Crippen LogP) is 2.81. The molecule has 1 N–H and O–H groups in total. The van der Waals surface area contributed by atoms with Crippen molar-refractivity contribution in [2.24, 2.45) is 0 Å². The second kappa shape index (κ2) is 8.13. The molecule has 0 saturated heterocycles. The van der Waals surface area contributed by atoms with Crippen LogP contribution in [-0.4, -0.2) is 31.4 Å². The van der Waals surface area contributed by atoms with Crippen LogP contribution in [0.4, 0.5) is 4.39 Å². The number of rotatable bonds is 7. The number of tetrazole rings is 1. The lowest BCUT2D eigenvalue weighted by atomic mass is 10.1. The predicted molar refractivity (Wildman–Crippen MR) is 93.9 cm³/mol. The zero-order chi connectivity index (χ0) is 18.5. The van der Waals surface area contributed by atoms with E-state index < -0.39 is 5.25 Å². The normalized spacial score (nSPS) is 13.3. The topological polar surface area (TPSA) is 85.8 Å². The van der Waals surface area contributed by atoms with Crippen LogP contribution in [-0.2, 0) is 11.3 Å². The molecule has 1 aromatic carbocycles. The van der Waals surface area contributed by atoms with Gasteiger partial charge < -0.3 is 9.73 Å². The molecule has 1 amide bonds. The monoisotopic (exact) mass is 375 g/mol. The molecule has 0 unspecified atom stereocenters. The summed E-state index contributed by atoms with van der Waals surface area (Å²) in [6.07, 6.45) is 1.58. The fourth-order valence-electron chi connectivity index (χ4n) is 2.31. The van der Waals surface area contributed by atoms with E-state index in [-0.39, 0.29) is 17.8 Å². The molecular weight excluding hydrogens is 357 g/mol. The van der Waals surface area contributed by atoms with Crippen molar-refractivity contribution in [2.75, 3.05) is 0 Å².